The molecule has 7 nitrogen and oxygen atoms in total. The molecule has 0 radical (unpaired) electrons. The monoisotopic (exact) mass is 336 g/mol. The molecule has 1 saturated heterocycles. The molecule has 1 aliphatic rings. The zero-order valence-corrected chi connectivity index (χ0v) is 14.1. The first kappa shape index (κ1) is 15.7. The highest BCUT2D eigenvalue weighted by Crippen LogP contribution is 2.23. The molecule has 4 rings (SSSR count). The van der Waals surface area contributed by atoms with Crippen LogP contribution >= 0.6 is 0 Å². The van der Waals surface area contributed by atoms with Gasteiger partial charge in [-0.3, -0.25) is 9.78 Å². The van der Waals surface area contributed by atoms with Gasteiger partial charge in [0.1, 0.15) is 11.3 Å². The fraction of sp³-hybridized carbons (Fsp3) is 0.333. The third-order valence-corrected chi connectivity index (χ3v) is 4.68. The number of nitrogens with zero attached hydrogens (tertiary/aromatic N) is 4. The van der Waals surface area contributed by atoms with Crippen molar-refractivity contribution in [2.24, 2.45) is 5.73 Å². The van der Waals surface area contributed by atoms with Crippen LogP contribution in [0, 0.1) is 0 Å². The van der Waals surface area contributed by atoms with Crippen molar-refractivity contribution in [3.8, 4) is 11.3 Å². The number of H-pyrrole nitrogens is 1. The average Bonchev–Trinajstić information content (AvgIpc) is 3.26. The number of hydrogen-bond donors (Lipinski definition) is 2. The highest BCUT2D eigenvalue weighted by Gasteiger charge is 2.25. The van der Waals surface area contributed by atoms with E-state index in [1.807, 2.05) is 6.20 Å². The lowest BCUT2D eigenvalue weighted by Gasteiger charge is -2.14. The van der Waals surface area contributed by atoms with Crippen LogP contribution in [0.2, 0.25) is 0 Å². The molecule has 3 N–H and O–H groups in total. The van der Waals surface area contributed by atoms with E-state index < -0.39 is 0 Å². The van der Waals surface area contributed by atoms with Crippen LogP contribution < -0.4 is 5.73 Å². The zero-order chi connectivity index (χ0) is 17.4. The van der Waals surface area contributed by atoms with Crippen molar-refractivity contribution in [3.05, 3.63) is 42.1 Å². The van der Waals surface area contributed by atoms with Crippen LogP contribution in [-0.2, 0) is 6.42 Å². The first-order valence-corrected chi connectivity index (χ1v) is 8.49. The van der Waals surface area contributed by atoms with Gasteiger partial charge in [-0.2, -0.15) is 0 Å². The Kier molecular flexibility index (Phi) is 3.93. The second kappa shape index (κ2) is 6.25. The van der Waals surface area contributed by atoms with Gasteiger partial charge in [-0.25, -0.2) is 9.97 Å². The number of amides is 1. The minimum absolute atomic E-state index is 0.0584. The Hall–Kier alpha value is -2.80. The topological polar surface area (TPSA) is 101 Å². The summed E-state index contributed by atoms with van der Waals surface area (Å²) in [7, 11) is 0. The maximum atomic E-state index is 12.4. The number of nitrogens with one attached hydrogen (secondary N) is 1. The molecule has 128 valence electrons. The van der Waals surface area contributed by atoms with Gasteiger partial charge in [-0.05, 0) is 24.5 Å². The maximum absolute atomic E-state index is 12.4. The molecule has 3 aromatic rings. The highest BCUT2D eigenvalue weighted by atomic mass is 16.2. The fourth-order valence-electron chi connectivity index (χ4n) is 3.21. The maximum Gasteiger partial charge on any atom is 0.274 e. The van der Waals surface area contributed by atoms with Crippen LogP contribution in [0.4, 0.5) is 0 Å². The normalized spacial score (nSPS) is 17.4. The summed E-state index contributed by atoms with van der Waals surface area (Å²) >= 11 is 0. The van der Waals surface area contributed by atoms with Crippen LogP contribution in [0.15, 0.2) is 30.9 Å². The number of rotatable bonds is 3. The van der Waals surface area contributed by atoms with E-state index in [0.29, 0.717) is 24.5 Å². The summed E-state index contributed by atoms with van der Waals surface area (Å²) < 4.78 is 0. The van der Waals surface area contributed by atoms with Crippen LogP contribution in [-0.4, -0.2) is 49.9 Å². The Bertz CT molecular complexity index is 917. The number of hydrogen-bond acceptors (Lipinski definition) is 5. The Labute approximate surface area is 145 Å². The molecule has 25 heavy (non-hydrogen) atoms. The summed E-state index contributed by atoms with van der Waals surface area (Å²) in [5.74, 6) is -0.112. The number of aromatic nitrogens is 4. The average molecular weight is 336 g/mol. The van der Waals surface area contributed by atoms with Gasteiger partial charge in [0.05, 0.1) is 18.1 Å². The van der Waals surface area contributed by atoms with Crippen molar-refractivity contribution in [1.29, 1.82) is 0 Å². The second-order valence-corrected chi connectivity index (χ2v) is 6.37. The first-order chi connectivity index (χ1) is 12.2. The smallest absolute Gasteiger partial charge is 0.274 e. The number of pyridine rings is 1. The zero-order valence-electron chi connectivity index (χ0n) is 14.1. The molecule has 0 bridgehead atoms. The number of likely N-dealkylation sites (tertiary alicyclic amines) is 1. The summed E-state index contributed by atoms with van der Waals surface area (Å²) in [4.78, 5) is 30.5. The number of aryl methyl sites for hydroxylation is 1. The second-order valence-electron chi connectivity index (χ2n) is 6.37. The molecular formula is C18H20N6O. The Balaban J connectivity index is 1.60. The van der Waals surface area contributed by atoms with Crippen LogP contribution in [0.3, 0.4) is 0 Å². The van der Waals surface area contributed by atoms with E-state index in [4.69, 9.17) is 5.73 Å². The number of nitrogens with two attached hydrogens (primary N) is 1. The molecule has 1 amide bonds. The van der Waals surface area contributed by atoms with Gasteiger partial charge < -0.3 is 15.6 Å². The molecule has 0 aliphatic carbocycles. The molecule has 1 atom stereocenters. The van der Waals surface area contributed by atoms with E-state index in [1.165, 1.54) is 11.8 Å². The molecule has 7 heteroatoms. The van der Waals surface area contributed by atoms with Crippen LogP contribution in [0.1, 0.15) is 29.4 Å². The van der Waals surface area contributed by atoms with Gasteiger partial charge in [-0.15, -0.1) is 0 Å². The Morgan fingerprint density at radius 2 is 2.20 bits per heavy atom. The minimum Gasteiger partial charge on any atom is -0.346 e. The van der Waals surface area contributed by atoms with Crippen LogP contribution in [0.5, 0.6) is 0 Å². The predicted molar refractivity (Wildman–Crippen MR) is 95.0 cm³/mol. The summed E-state index contributed by atoms with van der Waals surface area (Å²) in [5, 5.41) is 1.09. The molecule has 0 saturated carbocycles. The van der Waals surface area contributed by atoms with Crippen LogP contribution in [0.25, 0.3) is 22.3 Å². The summed E-state index contributed by atoms with van der Waals surface area (Å²) in [6, 6.07) is 2.12. The van der Waals surface area contributed by atoms with E-state index in [0.717, 1.165) is 29.4 Å². The lowest BCUT2D eigenvalue weighted by Crippen LogP contribution is -2.32. The van der Waals surface area contributed by atoms with Crippen molar-refractivity contribution in [3.63, 3.8) is 0 Å². The number of carbonyl (C=O) groups is 1. The van der Waals surface area contributed by atoms with Crippen molar-refractivity contribution in [2.75, 3.05) is 13.1 Å². The quantitative estimate of drug-likeness (QED) is 0.759. The molecule has 1 fully saturated rings. The SMILES string of the molecule is CCc1c[nH]c2ncc(-c3cnc(C(=O)N4CCC(N)C4)cn3)cc12. The first-order valence-electron chi connectivity index (χ1n) is 8.49. The van der Waals surface area contributed by atoms with E-state index in [-0.39, 0.29) is 11.9 Å². The molecule has 0 spiro atoms. The van der Waals surface area contributed by atoms with Gasteiger partial charge >= 0.3 is 0 Å². The molecule has 1 aliphatic heterocycles. The molecule has 1 unspecified atom stereocenters. The highest BCUT2D eigenvalue weighted by molar-refractivity contribution is 5.92. The summed E-state index contributed by atoms with van der Waals surface area (Å²) in [6.07, 6.45) is 8.68. The van der Waals surface area contributed by atoms with E-state index in [1.54, 1.807) is 17.3 Å². The summed E-state index contributed by atoms with van der Waals surface area (Å²) in [5.41, 5.74) is 9.88. The molecular weight excluding hydrogens is 316 g/mol. The fourth-order valence-corrected chi connectivity index (χ4v) is 3.21. The van der Waals surface area contributed by atoms with Gasteiger partial charge in [-0.1, -0.05) is 6.92 Å². The standard InChI is InChI=1S/C18H20N6O/c1-2-11-6-22-17-14(11)5-12(7-23-17)15-8-21-16(9-20-15)18(25)24-4-3-13(19)10-24/h5-9,13H,2-4,10,19H2,1H3,(H,22,23). The van der Waals surface area contributed by atoms with E-state index in [9.17, 15) is 4.79 Å². The minimum atomic E-state index is -0.112. The van der Waals surface area contributed by atoms with Gasteiger partial charge in [0.2, 0.25) is 0 Å². The number of aromatic amines is 1. The number of fused-ring (bicyclic) bond motifs is 1. The Morgan fingerprint density at radius 3 is 2.88 bits per heavy atom. The largest absolute Gasteiger partial charge is 0.346 e. The van der Waals surface area contributed by atoms with E-state index >= 15 is 0 Å². The van der Waals surface area contributed by atoms with Crippen molar-refractivity contribution in [1.82, 2.24) is 24.8 Å². The molecule has 3 aromatic heterocycles. The predicted octanol–water partition coefficient (Wildman–Crippen LogP) is 1.76. The Morgan fingerprint density at radius 1 is 1.32 bits per heavy atom. The van der Waals surface area contributed by atoms with Crippen molar-refractivity contribution in [2.45, 2.75) is 25.8 Å². The summed E-state index contributed by atoms with van der Waals surface area (Å²) in [6.45, 7) is 3.37. The lowest BCUT2D eigenvalue weighted by molar-refractivity contribution is 0.0784. The molecule has 0 aromatic carbocycles. The lowest BCUT2D eigenvalue weighted by atomic mass is 10.1. The number of carbonyl (C=O) groups excluding carboxylic acids is 1. The third-order valence-electron chi connectivity index (χ3n) is 4.68. The molecule has 4 heterocycles. The van der Waals surface area contributed by atoms with Gasteiger partial charge in [0.25, 0.3) is 5.91 Å². The van der Waals surface area contributed by atoms with E-state index in [2.05, 4.69) is 32.9 Å². The van der Waals surface area contributed by atoms with Gasteiger partial charge in [0.15, 0.2) is 0 Å². The van der Waals surface area contributed by atoms with Gasteiger partial charge in [0, 0.05) is 42.5 Å². The van der Waals surface area contributed by atoms with Crippen molar-refractivity contribution >= 4 is 16.9 Å². The third kappa shape index (κ3) is 2.87. The van der Waals surface area contributed by atoms with Crippen molar-refractivity contribution < 1.29 is 4.79 Å².